The fourth-order valence-electron chi connectivity index (χ4n) is 1.78. The predicted molar refractivity (Wildman–Crippen MR) is 68.0 cm³/mol. The van der Waals surface area contributed by atoms with Crippen LogP contribution in [0.1, 0.15) is 26.7 Å². The number of nitrogens with two attached hydrogens (primary N) is 1. The lowest BCUT2D eigenvalue weighted by Crippen LogP contribution is -2.48. The van der Waals surface area contributed by atoms with Gasteiger partial charge < -0.3 is 5.73 Å². The van der Waals surface area contributed by atoms with E-state index in [1.807, 2.05) is 13.8 Å². The number of piperidine rings is 1. The van der Waals surface area contributed by atoms with Crippen molar-refractivity contribution in [2.24, 2.45) is 17.6 Å². The van der Waals surface area contributed by atoms with Crippen molar-refractivity contribution in [3.05, 3.63) is 0 Å². The predicted octanol–water partition coefficient (Wildman–Crippen LogP) is 0.125. The van der Waals surface area contributed by atoms with Gasteiger partial charge in [-0.25, -0.2) is 4.72 Å². The Morgan fingerprint density at radius 3 is 2.76 bits per heavy atom. The molecule has 0 spiro atoms. The zero-order valence-corrected chi connectivity index (χ0v) is 11.3. The maximum atomic E-state index is 12.0. The Morgan fingerprint density at radius 1 is 1.59 bits per heavy atom. The van der Waals surface area contributed by atoms with E-state index < -0.39 is 10.2 Å². The first-order chi connectivity index (χ1) is 7.83. The standard InChI is InChI=1S/C10H22N4O2S/c1-8(2)6-13-17(15,16)14-5-3-4-9(7-14)10(11)12/h8-9,13H,3-7H2,1-2H3,(H3,11,12). The Balaban J connectivity index is 2.62. The summed E-state index contributed by atoms with van der Waals surface area (Å²) in [6, 6.07) is 0. The second-order valence-electron chi connectivity index (χ2n) is 4.90. The summed E-state index contributed by atoms with van der Waals surface area (Å²) in [4.78, 5) is 0. The Kier molecular flexibility index (Phi) is 4.91. The molecule has 0 aromatic carbocycles. The largest absolute Gasteiger partial charge is 0.387 e. The maximum absolute atomic E-state index is 12.0. The third kappa shape index (κ3) is 4.25. The van der Waals surface area contributed by atoms with E-state index in [0.29, 0.717) is 19.6 Å². The smallest absolute Gasteiger partial charge is 0.279 e. The van der Waals surface area contributed by atoms with Crippen molar-refractivity contribution >= 4 is 16.0 Å². The molecule has 1 rings (SSSR count). The van der Waals surface area contributed by atoms with Crippen LogP contribution in [0, 0.1) is 17.2 Å². The van der Waals surface area contributed by atoms with Gasteiger partial charge in [0.15, 0.2) is 0 Å². The number of hydrogen-bond acceptors (Lipinski definition) is 3. The molecule has 1 unspecified atom stereocenters. The highest BCUT2D eigenvalue weighted by molar-refractivity contribution is 7.87. The number of nitrogens with one attached hydrogen (secondary N) is 2. The molecule has 4 N–H and O–H groups in total. The van der Waals surface area contributed by atoms with Crippen LogP contribution in [0.25, 0.3) is 0 Å². The number of rotatable bonds is 5. The summed E-state index contributed by atoms with van der Waals surface area (Å²) in [6.07, 6.45) is 1.55. The molecule has 7 heteroatoms. The topological polar surface area (TPSA) is 99.3 Å². The molecule has 0 aromatic rings. The quantitative estimate of drug-likeness (QED) is 0.485. The van der Waals surface area contributed by atoms with E-state index in [1.54, 1.807) is 0 Å². The first-order valence-electron chi connectivity index (χ1n) is 5.91. The lowest BCUT2D eigenvalue weighted by Gasteiger charge is -2.31. The lowest BCUT2D eigenvalue weighted by atomic mass is 9.99. The SMILES string of the molecule is CC(C)CNS(=O)(=O)N1CCCC(C(=N)N)C1. The first kappa shape index (κ1) is 14.4. The molecule has 1 atom stereocenters. The van der Waals surface area contributed by atoms with Gasteiger partial charge in [0.05, 0.1) is 5.84 Å². The zero-order valence-electron chi connectivity index (χ0n) is 10.4. The molecular weight excluding hydrogens is 240 g/mol. The minimum Gasteiger partial charge on any atom is -0.387 e. The Hall–Kier alpha value is -0.660. The van der Waals surface area contributed by atoms with E-state index in [1.165, 1.54) is 4.31 Å². The van der Waals surface area contributed by atoms with E-state index in [-0.39, 0.29) is 17.7 Å². The van der Waals surface area contributed by atoms with Crippen LogP contribution < -0.4 is 10.5 Å². The molecular formula is C10H22N4O2S. The normalized spacial score (nSPS) is 22.9. The van der Waals surface area contributed by atoms with Gasteiger partial charge in [-0.3, -0.25) is 5.41 Å². The minimum atomic E-state index is -3.41. The van der Waals surface area contributed by atoms with Crippen LogP contribution in [0.2, 0.25) is 0 Å². The second kappa shape index (κ2) is 5.79. The van der Waals surface area contributed by atoms with Crippen LogP contribution in [-0.2, 0) is 10.2 Å². The highest BCUT2D eigenvalue weighted by atomic mass is 32.2. The molecule has 0 bridgehead atoms. The van der Waals surface area contributed by atoms with Crippen molar-refractivity contribution in [2.75, 3.05) is 19.6 Å². The zero-order chi connectivity index (χ0) is 13.1. The van der Waals surface area contributed by atoms with E-state index >= 15 is 0 Å². The van der Waals surface area contributed by atoms with Gasteiger partial charge in [-0.05, 0) is 18.8 Å². The van der Waals surface area contributed by atoms with E-state index in [4.69, 9.17) is 11.1 Å². The highest BCUT2D eigenvalue weighted by Gasteiger charge is 2.29. The van der Waals surface area contributed by atoms with E-state index in [2.05, 4.69) is 4.72 Å². The summed E-state index contributed by atoms with van der Waals surface area (Å²) in [5.41, 5.74) is 5.44. The second-order valence-corrected chi connectivity index (χ2v) is 6.66. The molecule has 0 aliphatic carbocycles. The number of amidine groups is 1. The van der Waals surface area contributed by atoms with Gasteiger partial charge in [-0.2, -0.15) is 12.7 Å². The van der Waals surface area contributed by atoms with Crippen LogP contribution in [0.3, 0.4) is 0 Å². The van der Waals surface area contributed by atoms with Gasteiger partial charge in [0, 0.05) is 25.6 Å². The highest BCUT2D eigenvalue weighted by Crippen LogP contribution is 2.18. The van der Waals surface area contributed by atoms with Gasteiger partial charge in [0.1, 0.15) is 0 Å². The molecule has 1 aliphatic heterocycles. The van der Waals surface area contributed by atoms with Crippen LogP contribution in [0.5, 0.6) is 0 Å². The molecule has 1 saturated heterocycles. The average Bonchev–Trinajstić information content (AvgIpc) is 2.27. The van der Waals surface area contributed by atoms with Crippen LogP contribution in [0.4, 0.5) is 0 Å². The molecule has 0 saturated carbocycles. The number of hydrogen-bond donors (Lipinski definition) is 3. The molecule has 6 nitrogen and oxygen atoms in total. The van der Waals surface area contributed by atoms with Crippen molar-refractivity contribution in [3.8, 4) is 0 Å². The van der Waals surface area contributed by atoms with Crippen LogP contribution >= 0.6 is 0 Å². The molecule has 1 fully saturated rings. The van der Waals surface area contributed by atoms with Crippen molar-refractivity contribution < 1.29 is 8.42 Å². The Bertz CT molecular complexity index is 367. The molecule has 0 amide bonds. The van der Waals surface area contributed by atoms with Crippen molar-refractivity contribution in [1.29, 1.82) is 5.41 Å². The molecule has 1 heterocycles. The lowest BCUT2D eigenvalue weighted by molar-refractivity contribution is 0.306. The minimum absolute atomic E-state index is 0.0776. The van der Waals surface area contributed by atoms with E-state index in [0.717, 1.165) is 12.8 Å². The summed E-state index contributed by atoms with van der Waals surface area (Å²) in [7, 11) is -3.41. The summed E-state index contributed by atoms with van der Waals surface area (Å²) >= 11 is 0. The molecule has 0 radical (unpaired) electrons. The monoisotopic (exact) mass is 262 g/mol. The van der Waals surface area contributed by atoms with Crippen molar-refractivity contribution in [1.82, 2.24) is 9.03 Å². The molecule has 1 aliphatic rings. The molecule has 100 valence electrons. The fraction of sp³-hybridized carbons (Fsp3) is 0.900. The summed E-state index contributed by atoms with van der Waals surface area (Å²) in [5.74, 6) is 0.214. The first-order valence-corrected chi connectivity index (χ1v) is 7.35. The van der Waals surface area contributed by atoms with Gasteiger partial charge in [-0.1, -0.05) is 13.8 Å². The van der Waals surface area contributed by atoms with Crippen molar-refractivity contribution in [3.63, 3.8) is 0 Å². The fourth-order valence-corrected chi connectivity index (χ4v) is 3.25. The van der Waals surface area contributed by atoms with Gasteiger partial charge in [-0.15, -0.1) is 0 Å². The van der Waals surface area contributed by atoms with Gasteiger partial charge in [0.25, 0.3) is 10.2 Å². The summed E-state index contributed by atoms with van der Waals surface area (Å²) in [6.45, 7) is 5.18. The summed E-state index contributed by atoms with van der Waals surface area (Å²) < 4.78 is 27.9. The van der Waals surface area contributed by atoms with Crippen molar-refractivity contribution in [2.45, 2.75) is 26.7 Å². The van der Waals surface area contributed by atoms with Gasteiger partial charge >= 0.3 is 0 Å². The Labute approximate surface area is 103 Å². The van der Waals surface area contributed by atoms with Crippen LogP contribution in [0.15, 0.2) is 0 Å². The maximum Gasteiger partial charge on any atom is 0.279 e. The third-order valence-electron chi connectivity index (χ3n) is 2.84. The Morgan fingerprint density at radius 2 is 2.24 bits per heavy atom. The molecule has 0 aromatic heterocycles. The summed E-state index contributed by atoms with van der Waals surface area (Å²) in [5, 5.41) is 7.39. The van der Waals surface area contributed by atoms with E-state index in [9.17, 15) is 8.42 Å². The molecule has 17 heavy (non-hydrogen) atoms. The van der Waals surface area contributed by atoms with Crippen LogP contribution in [-0.4, -0.2) is 38.2 Å². The van der Waals surface area contributed by atoms with Gasteiger partial charge in [0.2, 0.25) is 0 Å². The number of nitrogens with zero attached hydrogens (tertiary/aromatic N) is 1. The average molecular weight is 262 g/mol. The third-order valence-corrected chi connectivity index (χ3v) is 4.38.